The highest BCUT2D eigenvalue weighted by Crippen LogP contribution is 2.24. The van der Waals surface area contributed by atoms with Gasteiger partial charge in [-0.25, -0.2) is 22.3 Å². The second kappa shape index (κ2) is 7.83. The van der Waals surface area contributed by atoms with Gasteiger partial charge >= 0.3 is 5.97 Å². The summed E-state index contributed by atoms with van der Waals surface area (Å²) in [5.74, 6) is -2.85. The Kier molecular flexibility index (Phi) is 6.72. The predicted molar refractivity (Wildman–Crippen MR) is 77.2 cm³/mol. The van der Waals surface area contributed by atoms with Crippen LogP contribution in [0.5, 0.6) is 0 Å². The van der Waals surface area contributed by atoms with Crippen LogP contribution in [-0.2, 0) is 10.0 Å². The molecule has 0 radical (unpaired) electrons. The molecule has 0 amide bonds. The number of carbonyl (C=O) groups is 1. The topological polar surface area (TPSA) is 104 Å². The lowest BCUT2D eigenvalue weighted by Crippen LogP contribution is -2.26. The van der Waals surface area contributed by atoms with Crippen LogP contribution in [0.4, 0.5) is 4.39 Å². The molecule has 0 fully saturated rings. The standard InChI is InChI=1S/C12H15BrFNO5S/c13-8-6-9(12(17)18)11(14)10(7-8)21(19,20)15-4-2-1-3-5-16/h6-7,15-16H,1-5H2,(H,17,18). The Morgan fingerprint density at radius 2 is 1.95 bits per heavy atom. The number of halogens is 2. The molecular formula is C12H15BrFNO5S. The van der Waals surface area contributed by atoms with Gasteiger partial charge in [0.25, 0.3) is 0 Å². The molecule has 0 aliphatic rings. The number of aliphatic hydroxyl groups excluding tert-OH is 1. The van der Waals surface area contributed by atoms with E-state index in [-0.39, 0.29) is 17.6 Å². The summed E-state index contributed by atoms with van der Waals surface area (Å²) in [6.45, 7) is 0.103. The highest BCUT2D eigenvalue weighted by atomic mass is 79.9. The maximum atomic E-state index is 14.0. The molecule has 0 saturated carbocycles. The van der Waals surface area contributed by atoms with Crippen LogP contribution in [-0.4, -0.2) is 37.8 Å². The average molecular weight is 384 g/mol. The molecular weight excluding hydrogens is 369 g/mol. The third-order valence-electron chi connectivity index (χ3n) is 2.65. The second-order valence-corrected chi connectivity index (χ2v) is 6.90. The fraction of sp³-hybridized carbons (Fsp3) is 0.417. The van der Waals surface area contributed by atoms with Crippen molar-refractivity contribution in [3.05, 3.63) is 28.0 Å². The summed E-state index contributed by atoms with van der Waals surface area (Å²) >= 11 is 2.96. The van der Waals surface area contributed by atoms with E-state index in [1.165, 1.54) is 0 Å². The Balaban J connectivity index is 2.95. The van der Waals surface area contributed by atoms with Gasteiger partial charge in [0, 0.05) is 17.6 Å². The predicted octanol–water partition coefficient (Wildman–Crippen LogP) is 1.73. The number of rotatable bonds is 8. The first-order valence-corrected chi connectivity index (χ1v) is 8.40. The Bertz CT molecular complexity index is 620. The summed E-state index contributed by atoms with van der Waals surface area (Å²) in [4.78, 5) is 10.2. The van der Waals surface area contributed by atoms with Gasteiger partial charge in [-0.3, -0.25) is 0 Å². The first-order chi connectivity index (χ1) is 9.79. The fourth-order valence-electron chi connectivity index (χ4n) is 1.61. The highest BCUT2D eigenvalue weighted by Gasteiger charge is 2.24. The first kappa shape index (κ1) is 18.0. The van der Waals surface area contributed by atoms with Crippen molar-refractivity contribution in [2.45, 2.75) is 24.2 Å². The van der Waals surface area contributed by atoms with Gasteiger partial charge in [0.15, 0.2) is 5.82 Å². The molecule has 0 heterocycles. The summed E-state index contributed by atoms with van der Waals surface area (Å²) in [5, 5.41) is 17.5. The summed E-state index contributed by atoms with van der Waals surface area (Å²) in [6.07, 6.45) is 1.66. The minimum absolute atomic E-state index is 0.0228. The zero-order chi connectivity index (χ0) is 16.0. The van der Waals surface area contributed by atoms with Crippen molar-refractivity contribution < 1.29 is 27.8 Å². The fourth-order valence-corrected chi connectivity index (χ4v) is 3.42. The van der Waals surface area contributed by atoms with E-state index in [0.717, 1.165) is 12.1 Å². The molecule has 0 aliphatic carbocycles. The van der Waals surface area contributed by atoms with Gasteiger partial charge in [0.1, 0.15) is 4.90 Å². The van der Waals surface area contributed by atoms with E-state index in [0.29, 0.717) is 19.3 Å². The van der Waals surface area contributed by atoms with E-state index in [4.69, 9.17) is 10.2 Å². The minimum Gasteiger partial charge on any atom is -0.478 e. The number of sulfonamides is 1. The van der Waals surface area contributed by atoms with E-state index in [2.05, 4.69) is 20.7 Å². The molecule has 1 aromatic carbocycles. The average Bonchev–Trinajstić information content (AvgIpc) is 2.40. The van der Waals surface area contributed by atoms with Crippen LogP contribution in [0.25, 0.3) is 0 Å². The molecule has 0 aromatic heterocycles. The number of hydrogen-bond acceptors (Lipinski definition) is 4. The lowest BCUT2D eigenvalue weighted by Gasteiger charge is -2.09. The van der Waals surface area contributed by atoms with Crippen molar-refractivity contribution >= 4 is 31.9 Å². The van der Waals surface area contributed by atoms with Gasteiger partial charge < -0.3 is 10.2 Å². The maximum Gasteiger partial charge on any atom is 0.338 e. The van der Waals surface area contributed by atoms with Crippen LogP contribution in [0.2, 0.25) is 0 Å². The molecule has 0 spiro atoms. The van der Waals surface area contributed by atoms with Gasteiger partial charge in [0.2, 0.25) is 10.0 Å². The molecule has 118 valence electrons. The summed E-state index contributed by atoms with van der Waals surface area (Å²) in [7, 11) is -4.14. The molecule has 3 N–H and O–H groups in total. The quantitative estimate of drug-likeness (QED) is 0.593. The number of unbranched alkanes of at least 4 members (excludes halogenated alkanes) is 2. The maximum absolute atomic E-state index is 14.0. The number of carboxylic acids is 1. The molecule has 0 atom stereocenters. The number of benzene rings is 1. The van der Waals surface area contributed by atoms with E-state index < -0.39 is 32.3 Å². The third-order valence-corrected chi connectivity index (χ3v) is 4.57. The van der Waals surface area contributed by atoms with Crippen LogP contribution in [0.1, 0.15) is 29.6 Å². The lowest BCUT2D eigenvalue weighted by atomic mass is 10.2. The summed E-state index contributed by atoms with van der Waals surface area (Å²) in [5.41, 5.74) is -0.718. The van der Waals surface area contributed by atoms with Gasteiger partial charge in [-0.1, -0.05) is 15.9 Å². The molecule has 1 aromatic rings. The van der Waals surface area contributed by atoms with Gasteiger partial charge in [-0.2, -0.15) is 0 Å². The number of hydrogen-bond donors (Lipinski definition) is 3. The van der Waals surface area contributed by atoms with E-state index in [1.54, 1.807) is 0 Å². The molecule has 21 heavy (non-hydrogen) atoms. The van der Waals surface area contributed by atoms with Crippen LogP contribution < -0.4 is 4.72 Å². The lowest BCUT2D eigenvalue weighted by molar-refractivity contribution is 0.0691. The van der Waals surface area contributed by atoms with Crippen LogP contribution in [0.15, 0.2) is 21.5 Å². The van der Waals surface area contributed by atoms with Crippen molar-refractivity contribution in [3.63, 3.8) is 0 Å². The number of aliphatic hydroxyl groups is 1. The molecule has 0 aliphatic heterocycles. The second-order valence-electron chi connectivity index (χ2n) is 4.25. The Morgan fingerprint density at radius 1 is 1.29 bits per heavy atom. The largest absolute Gasteiger partial charge is 0.478 e. The molecule has 6 nitrogen and oxygen atoms in total. The van der Waals surface area contributed by atoms with Crippen molar-refractivity contribution in [1.82, 2.24) is 4.72 Å². The zero-order valence-corrected chi connectivity index (χ0v) is 13.4. The zero-order valence-electron chi connectivity index (χ0n) is 11.0. The van der Waals surface area contributed by atoms with Crippen molar-refractivity contribution in [2.75, 3.05) is 13.2 Å². The molecule has 1 rings (SSSR count). The highest BCUT2D eigenvalue weighted by molar-refractivity contribution is 9.10. The Labute approximate surface area is 130 Å². The van der Waals surface area contributed by atoms with E-state index in [1.807, 2.05) is 0 Å². The molecule has 0 saturated heterocycles. The summed E-state index contributed by atoms with van der Waals surface area (Å²) < 4.78 is 40.3. The van der Waals surface area contributed by atoms with Gasteiger partial charge in [-0.05, 0) is 31.4 Å². The van der Waals surface area contributed by atoms with E-state index >= 15 is 0 Å². The monoisotopic (exact) mass is 383 g/mol. The molecule has 0 unspecified atom stereocenters. The van der Waals surface area contributed by atoms with Crippen molar-refractivity contribution in [1.29, 1.82) is 0 Å². The van der Waals surface area contributed by atoms with E-state index in [9.17, 15) is 17.6 Å². The third kappa shape index (κ3) is 5.03. The minimum atomic E-state index is -4.14. The van der Waals surface area contributed by atoms with Crippen molar-refractivity contribution in [2.24, 2.45) is 0 Å². The SMILES string of the molecule is O=C(O)c1cc(Br)cc(S(=O)(=O)NCCCCCO)c1F. The van der Waals surface area contributed by atoms with Gasteiger partial charge in [-0.15, -0.1) is 0 Å². The van der Waals surface area contributed by atoms with Crippen molar-refractivity contribution in [3.8, 4) is 0 Å². The molecule has 9 heteroatoms. The normalized spacial score (nSPS) is 11.6. The first-order valence-electron chi connectivity index (χ1n) is 6.12. The Hall–Kier alpha value is -1.03. The number of aromatic carboxylic acids is 1. The Morgan fingerprint density at radius 3 is 2.52 bits per heavy atom. The summed E-state index contributed by atoms with van der Waals surface area (Å²) in [6, 6.07) is 2.01. The van der Waals surface area contributed by atoms with Gasteiger partial charge in [0.05, 0.1) is 5.56 Å². The number of nitrogens with one attached hydrogen (secondary N) is 1. The van der Waals surface area contributed by atoms with Crippen LogP contribution in [0, 0.1) is 5.82 Å². The number of carboxylic acid groups (broad SMARTS) is 1. The smallest absolute Gasteiger partial charge is 0.338 e. The van der Waals surface area contributed by atoms with Crippen LogP contribution >= 0.6 is 15.9 Å². The molecule has 0 bridgehead atoms. The van der Waals surface area contributed by atoms with Crippen LogP contribution in [0.3, 0.4) is 0 Å².